The molecule has 172 valence electrons. The normalized spacial score (nSPS) is 13.8. The summed E-state index contributed by atoms with van der Waals surface area (Å²) < 4.78 is 26.6. The van der Waals surface area contributed by atoms with Crippen molar-refractivity contribution in [2.45, 2.75) is 13.5 Å². The molecule has 10 heteroatoms. The van der Waals surface area contributed by atoms with Gasteiger partial charge in [0, 0.05) is 44.1 Å². The van der Waals surface area contributed by atoms with Crippen LogP contribution in [-0.4, -0.2) is 65.1 Å². The Kier molecular flexibility index (Phi) is 6.53. The van der Waals surface area contributed by atoms with E-state index in [1.54, 1.807) is 46.2 Å². The largest absolute Gasteiger partial charge is 0.452 e. The van der Waals surface area contributed by atoms with Gasteiger partial charge in [0.2, 0.25) is 5.76 Å². The number of rotatable bonds is 7. The van der Waals surface area contributed by atoms with Crippen molar-refractivity contribution in [1.29, 1.82) is 0 Å². The van der Waals surface area contributed by atoms with Gasteiger partial charge in [-0.25, -0.2) is 9.18 Å². The summed E-state index contributed by atoms with van der Waals surface area (Å²) in [4.78, 5) is 39.5. The summed E-state index contributed by atoms with van der Waals surface area (Å²) >= 11 is 0. The zero-order valence-electron chi connectivity index (χ0n) is 18.1. The van der Waals surface area contributed by atoms with E-state index in [-0.39, 0.29) is 17.5 Å². The minimum atomic E-state index is -0.721. The molecule has 9 nitrogen and oxygen atoms in total. The Hall–Kier alpha value is -3.95. The molecule has 3 aromatic rings. The van der Waals surface area contributed by atoms with Crippen LogP contribution in [0.2, 0.25) is 0 Å². The zero-order chi connectivity index (χ0) is 23.4. The van der Waals surface area contributed by atoms with Gasteiger partial charge >= 0.3 is 5.97 Å². The van der Waals surface area contributed by atoms with Crippen LogP contribution in [0.25, 0.3) is 0 Å². The number of halogens is 1. The lowest BCUT2D eigenvalue weighted by molar-refractivity contribution is -0.134. The first-order valence-corrected chi connectivity index (χ1v) is 10.5. The van der Waals surface area contributed by atoms with Crippen LogP contribution in [0, 0.1) is 5.82 Å². The summed E-state index contributed by atoms with van der Waals surface area (Å²) in [6.07, 6.45) is 3.42. The van der Waals surface area contributed by atoms with Crippen molar-refractivity contribution in [3.8, 4) is 0 Å². The van der Waals surface area contributed by atoms with Crippen LogP contribution < -0.4 is 4.90 Å². The Morgan fingerprint density at radius 3 is 2.58 bits per heavy atom. The molecule has 1 aliphatic rings. The van der Waals surface area contributed by atoms with Crippen molar-refractivity contribution in [1.82, 2.24) is 14.7 Å². The van der Waals surface area contributed by atoms with E-state index in [4.69, 9.17) is 9.15 Å². The Morgan fingerprint density at radius 1 is 1.12 bits per heavy atom. The molecule has 1 amide bonds. The van der Waals surface area contributed by atoms with E-state index >= 15 is 0 Å². The molecule has 0 bridgehead atoms. The summed E-state index contributed by atoms with van der Waals surface area (Å²) in [6.45, 7) is 2.92. The van der Waals surface area contributed by atoms with Gasteiger partial charge in [-0.3, -0.25) is 14.3 Å². The molecule has 0 spiro atoms. The maximum absolute atomic E-state index is 14.4. The van der Waals surface area contributed by atoms with Crippen LogP contribution in [0.5, 0.6) is 0 Å². The monoisotopic (exact) mass is 454 g/mol. The predicted molar refractivity (Wildman–Crippen MR) is 116 cm³/mol. The Bertz CT molecular complexity index is 1150. The van der Waals surface area contributed by atoms with Crippen LogP contribution in [0.4, 0.5) is 10.1 Å². The highest BCUT2D eigenvalue weighted by Gasteiger charge is 2.24. The molecule has 4 rings (SSSR count). The van der Waals surface area contributed by atoms with Crippen LogP contribution in [0.3, 0.4) is 0 Å². The number of benzene rings is 1. The number of carbonyl (C=O) groups excluding carboxylic acids is 3. The van der Waals surface area contributed by atoms with E-state index in [1.165, 1.54) is 19.1 Å². The SMILES string of the molecule is CC(=O)c1ccc(N2CCN(C(=O)COC(=O)c3ccc(Cn4cccn4)o3)CC2)c(F)c1. The summed E-state index contributed by atoms with van der Waals surface area (Å²) in [7, 11) is 0. The fraction of sp³-hybridized carbons (Fsp3) is 0.304. The second kappa shape index (κ2) is 9.68. The molecule has 1 saturated heterocycles. The quantitative estimate of drug-likeness (QED) is 0.399. The number of ketones is 1. The third-order valence-electron chi connectivity index (χ3n) is 5.39. The van der Waals surface area contributed by atoms with Gasteiger partial charge in [-0.05, 0) is 43.3 Å². The third kappa shape index (κ3) is 5.28. The summed E-state index contributed by atoms with van der Waals surface area (Å²) in [5.74, 6) is -1.17. The number of ether oxygens (including phenoxy) is 1. The van der Waals surface area contributed by atoms with E-state index in [0.717, 1.165) is 0 Å². The minimum Gasteiger partial charge on any atom is -0.452 e. The Morgan fingerprint density at radius 2 is 1.91 bits per heavy atom. The lowest BCUT2D eigenvalue weighted by atomic mass is 10.1. The highest BCUT2D eigenvalue weighted by Crippen LogP contribution is 2.22. The van der Waals surface area contributed by atoms with E-state index in [2.05, 4.69) is 5.10 Å². The number of hydrogen-bond acceptors (Lipinski definition) is 7. The second-order valence-corrected chi connectivity index (χ2v) is 7.64. The average molecular weight is 454 g/mol. The van der Waals surface area contributed by atoms with Gasteiger partial charge in [-0.1, -0.05) is 0 Å². The number of hydrogen-bond donors (Lipinski definition) is 0. The molecule has 0 aliphatic carbocycles. The number of piperazine rings is 1. The van der Waals surface area contributed by atoms with Gasteiger partial charge in [-0.15, -0.1) is 0 Å². The molecule has 1 aliphatic heterocycles. The van der Waals surface area contributed by atoms with Crippen molar-refractivity contribution in [3.05, 3.63) is 71.7 Å². The van der Waals surface area contributed by atoms with E-state index < -0.39 is 18.4 Å². The van der Waals surface area contributed by atoms with Gasteiger partial charge in [0.15, 0.2) is 12.4 Å². The third-order valence-corrected chi connectivity index (χ3v) is 5.39. The molecule has 2 aromatic heterocycles. The van der Waals surface area contributed by atoms with Gasteiger partial charge in [0.1, 0.15) is 11.6 Å². The van der Waals surface area contributed by atoms with Crippen LogP contribution >= 0.6 is 0 Å². The van der Waals surface area contributed by atoms with Crippen molar-refractivity contribution in [2.75, 3.05) is 37.7 Å². The fourth-order valence-electron chi connectivity index (χ4n) is 3.60. The number of aromatic nitrogens is 2. The van der Waals surface area contributed by atoms with Crippen molar-refractivity contribution >= 4 is 23.3 Å². The fourth-order valence-corrected chi connectivity index (χ4v) is 3.60. The highest BCUT2D eigenvalue weighted by molar-refractivity contribution is 5.94. The van der Waals surface area contributed by atoms with E-state index in [9.17, 15) is 18.8 Å². The number of carbonyl (C=O) groups is 3. The smallest absolute Gasteiger partial charge is 0.374 e. The molecular formula is C23H23FN4O5. The first-order chi connectivity index (χ1) is 15.9. The lowest BCUT2D eigenvalue weighted by Crippen LogP contribution is -2.50. The summed E-state index contributed by atoms with van der Waals surface area (Å²) in [6, 6.07) is 9.33. The molecule has 1 aromatic carbocycles. The maximum atomic E-state index is 14.4. The average Bonchev–Trinajstić information content (AvgIpc) is 3.50. The molecule has 0 N–H and O–H groups in total. The first-order valence-electron chi connectivity index (χ1n) is 10.5. The Labute approximate surface area is 189 Å². The van der Waals surface area contributed by atoms with Crippen molar-refractivity contribution < 1.29 is 27.9 Å². The second-order valence-electron chi connectivity index (χ2n) is 7.64. The summed E-state index contributed by atoms with van der Waals surface area (Å²) in [5, 5.41) is 4.07. The molecule has 3 heterocycles. The molecular weight excluding hydrogens is 431 g/mol. The number of nitrogens with zero attached hydrogens (tertiary/aromatic N) is 4. The molecule has 0 unspecified atom stereocenters. The predicted octanol–water partition coefficient (Wildman–Crippen LogP) is 2.37. The lowest BCUT2D eigenvalue weighted by Gasteiger charge is -2.36. The number of furan rings is 1. The van der Waals surface area contributed by atoms with Crippen molar-refractivity contribution in [2.24, 2.45) is 0 Å². The molecule has 1 fully saturated rings. The highest BCUT2D eigenvalue weighted by atomic mass is 19.1. The molecule has 0 atom stereocenters. The zero-order valence-corrected chi connectivity index (χ0v) is 18.1. The molecule has 0 saturated carbocycles. The molecule has 33 heavy (non-hydrogen) atoms. The first kappa shape index (κ1) is 22.3. The number of Topliss-reactive ketones (excluding diaryl/α,β-unsaturated/α-hetero) is 1. The Balaban J connectivity index is 1.25. The minimum absolute atomic E-state index is 0.0132. The van der Waals surface area contributed by atoms with E-state index in [1.807, 2.05) is 4.90 Å². The van der Waals surface area contributed by atoms with Crippen LogP contribution in [0.1, 0.15) is 33.6 Å². The van der Waals surface area contributed by atoms with E-state index in [0.29, 0.717) is 49.7 Å². The number of amides is 1. The number of esters is 1. The van der Waals surface area contributed by atoms with Gasteiger partial charge in [0.05, 0.1) is 12.2 Å². The summed E-state index contributed by atoms with van der Waals surface area (Å²) in [5.41, 5.74) is 0.708. The van der Waals surface area contributed by atoms with Crippen LogP contribution in [-0.2, 0) is 16.1 Å². The van der Waals surface area contributed by atoms with Gasteiger partial charge in [0.25, 0.3) is 5.91 Å². The standard InChI is InChI=1S/C23H23FN4O5/c1-16(29)17-3-5-20(19(24)13-17)26-9-11-27(12-10-26)22(30)15-32-23(31)21-6-4-18(33-21)14-28-8-2-7-25-28/h2-8,13H,9-12,14-15H2,1H3. The maximum Gasteiger partial charge on any atom is 0.374 e. The van der Waals surface area contributed by atoms with Gasteiger partial charge in [-0.2, -0.15) is 5.10 Å². The van der Waals surface area contributed by atoms with Gasteiger partial charge < -0.3 is 19.0 Å². The van der Waals surface area contributed by atoms with Crippen molar-refractivity contribution in [3.63, 3.8) is 0 Å². The van der Waals surface area contributed by atoms with Crippen LogP contribution in [0.15, 0.2) is 53.2 Å². The molecule has 0 radical (unpaired) electrons. The topological polar surface area (TPSA) is 97.9 Å². The number of anilines is 1.